The lowest BCUT2D eigenvalue weighted by Gasteiger charge is -2.04. The highest BCUT2D eigenvalue weighted by Crippen LogP contribution is 2.18. The molecule has 0 saturated carbocycles. The van der Waals surface area contributed by atoms with Crippen LogP contribution in [-0.4, -0.2) is 17.9 Å². The van der Waals surface area contributed by atoms with Crippen LogP contribution in [0.15, 0.2) is 65.9 Å². The van der Waals surface area contributed by atoms with Crippen LogP contribution < -0.4 is 4.74 Å². The number of benzene rings is 2. The molecule has 116 valence electrons. The summed E-state index contributed by atoms with van der Waals surface area (Å²) in [5.41, 5.74) is 5.69. The van der Waals surface area contributed by atoms with Gasteiger partial charge in [0.05, 0.1) is 12.8 Å². The fraction of sp³-hybridized carbons (Fsp3) is 0.150. The van der Waals surface area contributed by atoms with Gasteiger partial charge in [-0.15, -0.1) is 0 Å². The Morgan fingerprint density at radius 2 is 1.74 bits per heavy atom. The highest BCUT2D eigenvalue weighted by Gasteiger charge is 1.99. The molecule has 1 heterocycles. The van der Waals surface area contributed by atoms with Gasteiger partial charge in [-0.2, -0.15) is 0 Å². The Bertz CT molecular complexity index is 829. The monoisotopic (exact) mass is 304 g/mol. The zero-order valence-corrected chi connectivity index (χ0v) is 13.7. The van der Waals surface area contributed by atoms with Gasteiger partial charge in [0.1, 0.15) is 5.75 Å². The SMILES string of the molecule is COc1ccc(-n2ccc(C=Nc3ccc(C)c(C)c3)c2)cc1. The molecule has 0 amide bonds. The smallest absolute Gasteiger partial charge is 0.119 e. The lowest BCUT2D eigenvalue weighted by Crippen LogP contribution is -1.90. The third-order valence-electron chi connectivity index (χ3n) is 3.94. The van der Waals surface area contributed by atoms with Crippen molar-refractivity contribution in [2.45, 2.75) is 13.8 Å². The number of rotatable bonds is 4. The molecule has 0 unspecified atom stereocenters. The summed E-state index contributed by atoms with van der Waals surface area (Å²) < 4.78 is 7.26. The van der Waals surface area contributed by atoms with Crippen LogP contribution in [0.4, 0.5) is 5.69 Å². The predicted octanol–water partition coefficient (Wildman–Crippen LogP) is 4.85. The molecule has 0 spiro atoms. The van der Waals surface area contributed by atoms with Gasteiger partial charge < -0.3 is 9.30 Å². The summed E-state index contributed by atoms with van der Waals surface area (Å²) in [6, 6.07) is 16.3. The maximum atomic E-state index is 5.19. The summed E-state index contributed by atoms with van der Waals surface area (Å²) in [6.45, 7) is 4.21. The third kappa shape index (κ3) is 3.51. The summed E-state index contributed by atoms with van der Waals surface area (Å²) in [7, 11) is 1.67. The molecule has 23 heavy (non-hydrogen) atoms. The number of ether oxygens (including phenoxy) is 1. The van der Waals surface area contributed by atoms with Crippen molar-refractivity contribution in [2.24, 2.45) is 4.99 Å². The minimum Gasteiger partial charge on any atom is -0.497 e. The van der Waals surface area contributed by atoms with Crippen LogP contribution in [0.2, 0.25) is 0 Å². The van der Waals surface area contributed by atoms with E-state index >= 15 is 0 Å². The minimum absolute atomic E-state index is 0.859. The highest BCUT2D eigenvalue weighted by atomic mass is 16.5. The molecule has 0 atom stereocenters. The number of hydrogen-bond acceptors (Lipinski definition) is 2. The van der Waals surface area contributed by atoms with Crippen LogP contribution in [-0.2, 0) is 0 Å². The van der Waals surface area contributed by atoms with Crippen molar-refractivity contribution in [3.05, 3.63) is 77.6 Å². The predicted molar refractivity (Wildman–Crippen MR) is 95.5 cm³/mol. The van der Waals surface area contributed by atoms with Crippen LogP contribution >= 0.6 is 0 Å². The Labute approximate surface area is 136 Å². The topological polar surface area (TPSA) is 26.5 Å². The lowest BCUT2D eigenvalue weighted by molar-refractivity contribution is 0.415. The Balaban J connectivity index is 1.78. The van der Waals surface area contributed by atoms with Crippen molar-refractivity contribution in [3.63, 3.8) is 0 Å². The summed E-state index contributed by atoms with van der Waals surface area (Å²) >= 11 is 0. The number of hydrogen-bond donors (Lipinski definition) is 0. The van der Waals surface area contributed by atoms with E-state index in [0.29, 0.717) is 0 Å². The highest BCUT2D eigenvalue weighted by molar-refractivity contribution is 5.82. The Hall–Kier alpha value is -2.81. The molecule has 0 aliphatic carbocycles. The summed E-state index contributed by atoms with van der Waals surface area (Å²) in [6.07, 6.45) is 5.99. The molecule has 3 rings (SSSR count). The first-order valence-corrected chi connectivity index (χ1v) is 7.59. The normalized spacial score (nSPS) is 11.1. The molecule has 3 heteroatoms. The number of aryl methyl sites for hydroxylation is 2. The van der Waals surface area contributed by atoms with E-state index in [1.165, 1.54) is 11.1 Å². The average Bonchev–Trinajstić information content (AvgIpc) is 3.05. The summed E-state index contributed by atoms with van der Waals surface area (Å²) in [4.78, 5) is 4.55. The second-order valence-corrected chi connectivity index (χ2v) is 5.58. The maximum Gasteiger partial charge on any atom is 0.119 e. The molecular formula is C20H20N2O. The molecule has 0 bridgehead atoms. The largest absolute Gasteiger partial charge is 0.497 e. The third-order valence-corrected chi connectivity index (χ3v) is 3.94. The van der Waals surface area contributed by atoms with Crippen molar-refractivity contribution < 1.29 is 4.74 Å². The summed E-state index contributed by atoms with van der Waals surface area (Å²) in [5, 5.41) is 0. The van der Waals surface area contributed by atoms with E-state index in [-0.39, 0.29) is 0 Å². The average molecular weight is 304 g/mol. The second kappa shape index (κ2) is 6.53. The Morgan fingerprint density at radius 3 is 2.43 bits per heavy atom. The molecule has 0 aliphatic rings. The van der Waals surface area contributed by atoms with Crippen molar-refractivity contribution in [3.8, 4) is 11.4 Å². The standard InChI is InChI=1S/C20H20N2O/c1-15-4-5-18(12-16(15)2)21-13-17-10-11-22(14-17)19-6-8-20(23-3)9-7-19/h4-14H,1-3H3. The maximum absolute atomic E-state index is 5.19. The van der Waals surface area contributed by atoms with Gasteiger partial charge in [0, 0.05) is 29.9 Å². The molecule has 1 aromatic heterocycles. The zero-order valence-electron chi connectivity index (χ0n) is 13.7. The van der Waals surface area contributed by atoms with E-state index in [1.807, 2.05) is 42.7 Å². The molecule has 2 aromatic carbocycles. The fourth-order valence-electron chi connectivity index (χ4n) is 2.36. The lowest BCUT2D eigenvalue weighted by atomic mass is 10.1. The van der Waals surface area contributed by atoms with Gasteiger partial charge in [0.25, 0.3) is 0 Å². The fourth-order valence-corrected chi connectivity index (χ4v) is 2.36. The Morgan fingerprint density at radius 1 is 0.957 bits per heavy atom. The quantitative estimate of drug-likeness (QED) is 0.633. The van der Waals surface area contributed by atoms with Crippen LogP contribution in [0.1, 0.15) is 16.7 Å². The number of aromatic nitrogens is 1. The Kier molecular flexibility index (Phi) is 4.29. The molecule has 0 radical (unpaired) electrons. The first kappa shape index (κ1) is 15.1. The van der Waals surface area contributed by atoms with Gasteiger partial charge in [0.2, 0.25) is 0 Å². The zero-order chi connectivity index (χ0) is 16.2. The molecular weight excluding hydrogens is 284 g/mol. The van der Waals surface area contributed by atoms with Gasteiger partial charge in [0.15, 0.2) is 0 Å². The number of methoxy groups -OCH3 is 1. The van der Waals surface area contributed by atoms with Crippen LogP contribution in [0.5, 0.6) is 5.75 Å². The van der Waals surface area contributed by atoms with Gasteiger partial charge in [-0.1, -0.05) is 6.07 Å². The minimum atomic E-state index is 0.859. The van der Waals surface area contributed by atoms with Crippen molar-refractivity contribution in [1.29, 1.82) is 0 Å². The van der Waals surface area contributed by atoms with E-state index in [1.54, 1.807) is 7.11 Å². The van der Waals surface area contributed by atoms with E-state index < -0.39 is 0 Å². The molecule has 3 aromatic rings. The van der Waals surface area contributed by atoms with E-state index in [4.69, 9.17) is 4.74 Å². The first-order chi connectivity index (χ1) is 11.2. The van der Waals surface area contributed by atoms with Crippen molar-refractivity contribution >= 4 is 11.9 Å². The van der Waals surface area contributed by atoms with E-state index in [0.717, 1.165) is 22.7 Å². The second-order valence-electron chi connectivity index (χ2n) is 5.58. The molecule has 3 nitrogen and oxygen atoms in total. The van der Waals surface area contributed by atoms with Crippen LogP contribution in [0.3, 0.4) is 0 Å². The van der Waals surface area contributed by atoms with Gasteiger partial charge in [-0.05, 0) is 67.4 Å². The molecule has 0 fully saturated rings. The molecule has 0 N–H and O–H groups in total. The van der Waals surface area contributed by atoms with Gasteiger partial charge in [-0.3, -0.25) is 4.99 Å². The van der Waals surface area contributed by atoms with Gasteiger partial charge >= 0.3 is 0 Å². The van der Waals surface area contributed by atoms with E-state index in [9.17, 15) is 0 Å². The van der Waals surface area contributed by atoms with Gasteiger partial charge in [-0.25, -0.2) is 0 Å². The van der Waals surface area contributed by atoms with Crippen molar-refractivity contribution in [1.82, 2.24) is 4.57 Å². The molecule has 0 saturated heterocycles. The first-order valence-electron chi connectivity index (χ1n) is 7.59. The summed E-state index contributed by atoms with van der Waals surface area (Å²) in [5.74, 6) is 0.859. The number of aliphatic imine (C=N–C) groups is 1. The number of nitrogens with zero attached hydrogens (tertiary/aromatic N) is 2. The van der Waals surface area contributed by atoms with Crippen molar-refractivity contribution in [2.75, 3.05) is 7.11 Å². The molecule has 0 aliphatic heterocycles. The van der Waals surface area contributed by atoms with Crippen LogP contribution in [0, 0.1) is 13.8 Å². The van der Waals surface area contributed by atoms with Crippen LogP contribution in [0.25, 0.3) is 5.69 Å². The van der Waals surface area contributed by atoms with E-state index in [2.05, 4.69) is 47.8 Å².